The van der Waals surface area contributed by atoms with Gasteiger partial charge in [0.15, 0.2) is 0 Å². The zero-order valence-corrected chi connectivity index (χ0v) is 13.9. The number of benzene rings is 1. The van der Waals surface area contributed by atoms with Crippen molar-refractivity contribution in [2.75, 3.05) is 20.2 Å². The number of carbonyl (C=O) groups excluding carboxylic acids is 2. The third-order valence-corrected chi connectivity index (χ3v) is 3.59. The van der Waals surface area contributed by atoms with E-state index in [1.165, 1.54) is 14.0 Å². The lowest BCUT2D eigenvalue weighted by molar-refractivity contribution is -0.129. The minimum Gasteiger partial charge on any atom is -0.496 e. The van der Waals surface area contributed by atoms with Gasteiger partial charge in [0.2, 0.25) is 5.91 Å². The largest absolute Gasteiger partial charge is 0.496 e. The SMILES string of the molecule is COc1ccccc1C(=O)NCCN(Cc1ccncc1)C(C)=O. The molecule has 2 rings (SSSR count). The highest BCUT2D eigenvalue weighted by atomic mass is 16.5. The summed E-state index contributed by atoms with van der Waals surface area (Å²) in [5, 5.41) is 2.82. The molecule has 0 radical (unpaired) electrons. The number of para-hydroxylation sites is 1. The Morgan fingerprint density at radius 1 is 1.17 bits per heavy atom. The fourth-order valence-corrected chi connectivity index (χ4v) is 2.29. The Hall–Kier alpha value is -2.89. The molecule has 6 nitrogen and oxygen atoms in total. The third-order valence-electron chi connectivity index (χ3n) is 3.59. The Balaban J connectivity index is 1.91. The van der Waals surface area contributed by atoms with E-state index in [9.17, 15) is 9.59 Å². The number of nitrogens with zero attached hydrogens (tertiary/aromatic N) is 2. The predicted molar refractivity (Wildman–Crippen MR) is 90.7 cm³/mol. The van der Waals surface area contributed by atoms with Crippen molar-refractivity contribution in [2.24, 2.45) is 0 Å². The summed E-state index contributed by atoms with van der Waals surface area (Å²) >= 11 is 0. The van der Waals surface area contributed by atoms with Crippen molar-refractivity contribution in [3.63, 3.8) is 0 Å². The Labute approximate surface area is 141 Å². The molecule has 0 atom stereocenters. The van der Waals surface area contributed by atoms with Gasteiger partial charge in [-0.15, -0.1) is 0 Å². The van der Waals surface area contributed by atoms with Gasteiger partial charge < -0.3 is 15.0 Å². The Morgan fingerprint density at radius 2 is 1.88 bits per heavy atom. The van der Waals surface area contributed by atoms with Crippen LogP contribution in [0.2, 0.25) is 0 Å². The zero-order chi connectivity index (χ0) is 17.4. The van der Waals surface area contributed by atoms with E-state index in [1.54, 1.807) is 35.5 Å². The molecule has 6 heteroatoms. The summed E-state index contributed by atoms with van der Waals surface area (Å²) in [6.07, 6.45) is 3.38. The molecule has 0 saturated carbocycles. The van der Waals surface area contributed by atoms with E-state index < -0.39 is 0 Å². The first-order chi connectivity index (χ1) is 11.6. The molecule has 1 aromatic heterocycles. The molecule has 0 fully saturated rings. The predicted octanol–water partition coefficient (Wildman–Crippen LogP) is 1.87. The molecular weight excluding hydrogens is 306 g/mol. The summed E-state index contributed by atoms with van der Waals surface area (Å²) in [6.45, 7) is 2.80. The van der Waals surface area contributed by atoms with Crippen LogP contribution >= 0.6 is 0 Å². The van der Waals surface area contributed by atoms with E-state index in [4.69, 9.17) is 4.74 Å². The van der Waals surface area contributed by atoms with Crippen LogP contribution in [0.15, 0.2) is 48.8 Å². The van der Waals surface area contributed by atoms with Crippen molar-refractivity contribution < 1.29 is 14.3 Å². The Morgan fingerprint density at radius 3 is 2.54 bits per heavy atom. The van der Waals surface area contributed by atoms with Gasteiger partial charge in [-0.3, -0.25) is 14.6 Å². The van der Waals surface area contributed by atoms with Gasteiger partial charge in [0.25, 0.3) is 5.91 Å². The first-order valence-corrected chi connectivity index (χ1v) is 7.67. The quantitative estimate of drug-likeness (QED) is 0.843. The van der Waals surface area contributed by atoms with Crippen LogP contribution in [0.4, 0.5) is 0 Å². The number of rotatable bonds is 7. The maximum atomic E-state index is 12.2. The normalized spacial score (nSPS) is 10.1. The van der Waals surface area contributed by atoms with Crippen LogP contribution in [0.5, 0.6) is 5.75 Å². The van der Waals surface area contributed by atoms with Gasteiger partial charge >= 0.3 is 0 Å². The van der Waals surface area contributed by atoms with Crippen LogP contribution in [-0.4, -0.2) is 41.9 Å². The van der Waals surface area contributed by atoms with Gasteiger partial charge in [-0.1, -0.05) is 12.1 Å². The fourth-order valence-electron chi connectivity index (χ4n) is 2.29. The zero-order valence-electron chi connectivity index (χ0n) is 13.9. The molecule has 0 spiro atoms. The number of pyridine rings is 1. The highest BCUT2D eigenvalue weighted by Gasteiger charge is 2.13. The number of amides is 2. The molecule has 1 N–H and O–H groups in total. The summed E-state index contributed by atoms with van der Waals surface area (Å²) in [7, 11) is 1.53. The highest BCUT2D eigenvalue weighted by molar-refractivity contribution is 5.96. The molecule has 1 aromatic carbocycles. The maximum absolute atomic E-state index is 12.2. The van der Waals surface area contributed by atoms with Crippen molar-refractivity contribution >= 4 is 11.8 Å². The van der Waals surface area contributed by atoms with E-state index >= 15 is 0 Å². The summed E-state index contributed by atoms with van der Waals surface area (Å²) in [5.41, 5.74) is 1.47. The van der Waals surface area contributed by atoms with E-state index in [2.05, 4.69) is 10.3 Å². The average Bonchev–Trinajstić information content (AvgIpc) is 2.61. The minimum atomic E-state index is -0.222. The van der Waals surface area contributed by atoms with Gasteiger partial charge in [-0.05, 0) is 29.8 Å². The molecule has 0 aliphatic rings. The lowest BCUT2D eigenvalue weighted by Crippen LogP contribution is -2.37. The minimum absolute atomic E-state index is 0.0432. The van der Waals surface area contributed by atoms with Crippen LogP contribution in [0.25, 0.3) is 0 Å². The van der Waals surface area contributed by atoms with Crippen LogP contribution in [0, 0.1) is 0 Å². The van der Waals surface area contributed by atoms with Crippen molar-refractivity contribution in [2.45, 2.75) is 13.5 Å². The van der Waals surface area contributed by atoms with Crippen molar-refractivity contribution in [1.29, 1.82) is 0 Å². The highest BCUT2D eigenvalue weighted by Crippen LogP contribution is 2.16. The molecule has 24 heavy (non-hydrogen) atoms. The topological polar surface area (TPSA) is 71.5 Å². The number of aromatic nitrogens is 1. The molecule has 1 heterocycles. The van der Waals surface area contributed by atoms with Gasteiger partial charge in [-0.25, -0.2) is 0 Å². The number of carbonyl (C=O) groups is 2. The van der Waals surface area contributed by atoms with E-state index in [0.29, 0.717) is 30.9 Å². The first kappa shape index (κ1) is 17.5. The van der Waals surface area contributed by atoms with E-state index in [-0.39, 0.29) is 11.8 Å². The van der Waals surface area contributed by atoms with Gasteiger partial charge in [0.05, 0.1) is 12.7 Å². The van der Waals surface area contributed by atoms with Crippen molar-refractivity contribution in [3.05, 3.63) is 59.9 Å². The van der Waals surface area contributed by atoms with Gasteiger partial charge in [0, 0.05) is 39.0 Å². The average molecular weight is 327 g/mol. The Kier molecular flexibility index (Phi) is 6.31. The molecule has 0 aliphatic carbocycles. The van der Waals surface area contributed by atoms with Gasteiger partial charge in [-0.2, -0.15) is 0 Å². The molecule has 0 unspecified atom stereocenters. The summed E-state index contributed by atoms with van der Waals surface area (Å²) in [5.74, 6) is 0.258. The molecule has 0 bridgehead atoms. The molecule has 0 aliphatic heterocycles. The maximum Gasteiger partial charge on any atom is 0.255 e. The number of hydrogen-bond acceptors (Lipinski definition) is 4. The molecule has 0 saturated heterocycles. The Bertz CT molecular complexity index is 689. The number of ether oxygens (including phenoxy) is 1. The smallest absolute Gasteiger partial charge is 0.255 e. The summed E-state index contributed by atoms with van der Waals surface area (Å²) in [4.78, 5) is 29.6. The second-order valence-electron chi connectivity index (χ2n) is 5.25. The second kappa shape index (κ2) is 8.67. The van der Waals surface area contributed by atoms with Crippen LogP contribution in [0.1, 0.15) is 22.8 Å². The van der Waals surface area contributed by atoms with Crippen LogP contribution in [-0.2, 0) is 11.3 Å². The number of methoxy groups -OCH3 is 1. The monoisotopic (exact) mass is 327 g/mol. The molecule has 2 amide bonds. The fraction of sp³-hybridized carbons (Fsp3) is 0.278. The lowest BCUT2D eigenvalue weighted by atomic mass is 10.2. The summed E-state index contributed by atoms with van der Waals surface area (Å²) in [6, 6.07) is 10.8. The molecular formula is C18H21N3O3. The molecule has 126 valence electrons. The molecule has 2 aromatic rings. The van der Waals surface area contributed by atoms with Crippen molar-refractivity contribution in [3.8, 4) is 5.75 Å². The number of hydrogen-bond donors (Lipinski definition) is 1. The van der Waals surface area contributed by atoms with Gasteiger partial charge in [0.1, 0.15) is 5.75 Å². The van der Waals surface area contributed by atoms with E-state index in [1.807, 2.05) is 18.2 Å². The second-order valence-corrected chi connectivity index (χ2v) is 5.25. The van der Waals surface area contributed by atoms with Crippen LogP contribution in [0.3, 0.4) is 0 Å². The standard InChI is InChI=1S/C18H21N3O3/c1-14(22)21(13-15-7-9-19-10-8-15)12-11-20-18(23)16-5-3-4-6-17(16)24-2/h3-10H,11-13H2,1-2H3,(H,20,23). The van der Waals surface area contributed by atoms with E-state index in [0.717, 1.165) is 5.56 Å². The van der Waals surface area contributed by atoms with Crippen LogP contribution < -0.4 is 10.1 Å². The van der Waals surface area contributed by atoms with Crippen molar-refractivity contribution in [1.82, 2.24) is 15.2 Å². The summed E-state index contributed by atoms with van der Waals surface area (Å²) < 4.78 is 5.18. The third kappa shape index (κ3) is 4.81. The number of nitrogens with one attached hydrogen (secondary N) is 1. The lowest BCUT2D eigenvalue weighted by Gasteiger charge is -2.21. The first-order valence-electron chi connectivity index (χ1n) is 7.67.